The second-order valence-electron chi connectivity index (χ2n) is 6.84. The molecule has 0 bridgehead atoms. The molecule has 0 aliphatic carbocycles. The minimum Gasteiger partial charge on any atom is -0.383 e. The summed E-state index contributed by atoms with van der Waals surface area (Å²) in [4.78, 5) is 11.8. The molecule has 1 atom stereocenters. The number of nitriles is 1. The van der Waals surface area contributed by atoms with Gasteiger partial charge in [-0.25, -0.2) is 9.97 Å². The summed E-state index contributed by atoms with van der Waals surface area (Å²) in [5, 5.41) is 9.58. The predicted molar refractivity (Wildman–Crippen MR) is 92.3 cm³/mol. The number of aromatic amines is 1. The largest absolute Gasteiger partial charge is 0.383 e. The molecule has 1 aliphatic rings. The number of ether oxygens (including phenoxy) is 1. The van der Waals surface area contributed by atoms with Crippen molar-refractivity contribution in [3.8, 4) is 17.3 Å². The lowest BCUT2D eigenvalue weighted by molar-refractivity contribution is -0.0598. The van der Waals surface area contributed by atoms with Gasteiger partial charge in [0.25, 0.3) is 0 Å². The zero-order chi connectivity index (χ0) is 17.3. The summed E-state index contributed by atoms with van der Waals surface area (Å²) in [6, 6.07) is 2.21. The molecule has 2 aromatic rings. The van der Waals surface area contributed by atoms with Gasteiger partial charge in [-0.05, 0) is 38.7 Å². The molecule has 0 amide bonds. The van der Waals surface area contributed by atoms with Gasteiger partial charge in [-0.15, -0.1) is 0 Å². The lowest BCUT2D eigenvalue weighted by Gasteiger charge is -2.36. The molecule has 0 radical (unpaired) electrons. The molecule has 3 rings (SSSR count). The van der Waals surface area contributed by atoms with Gasteiger partial charge in [0.1, 0.15) is 17.5 Å². The lowest BCUT2D eigenvalue weighted by Crippen LogP contribution is -2.33. The van der Waals surface area contributed by atoms with Gasteiger partial charge in [0.05, 0.1) is 29.5 Å². The van der Waals surface area contributed by atoms with Crippen molar-refractivity contribution in [3.05, 3.63) is 29.3 Å². The Kier molecular flexibility index (Phi) is 4.29. The minimum absolute atomic E-state index is 0.174. The van der Waals surface area contributed by atoms with Gasteiger partial charge in [-0.3, -0.25) is 0 Å². The maximum atomic E-state index is 9.58. The van der Waals surface area contributed by atoms with E-state index in [1.807, 2.05) is 0 Å². The van der Waals surface area contributed by atoms with E-state index in [9.17, 15) is 5.26 Å². The molecular formula is C18H23N5O. The van der Waals surface area contributed by atoms with Gasteiger partial charge in [-0.1, -0.05) is 6.92 Å². The summed E-state index contributed by atoms with van der Waals surface area (Å²) in [5.41, 5.74) is 10.1. The van der Waals surface area contributed by atoms with Crippen molar-refractivity contribution in [1.29, 1.82) is 5.26 Å². The summed E-state index contributed by atoms with van der Waals surface area (Å²) in [6.07, 6.45) is 5.93. The van der Waals surface area contributed by atoms with Crippen molar-refractivity contribution in [3.63, 3.8) is 0 Å². The molecule has 1 saturated heterocycles. The van der Waals surface area contributed by atoms with Crippen molar-refractivity contribution >= 4 is 5.82 Å². The van der Waals surface area contributed by atoms with E-state index in [0.717, 1.165) is 41.8 Å². The third-order valence-corrected chi connectivity index (χ3v) is 4.67. The first-order chi connectivity index (χ1) is 11.5. The predicted octanol–water partition coefficient (Wildman–Crippen LogP) is 3.16. The Hall–Kier alpha value is -2.39. The van der Waals surface area contributed by atoms with Crippen LogP contribution in [-0.2, 0) is 11.2 Å². The number of imidazole rings is 1. The van der Waals surface area contributed by atoms with Gasteiger partial charge >= 0.3 is 0 Å². The third-order valence-electron chi connectivity index (χ3n) is 4.67. The Morgan fingerprint density at radius 2 is 2.29 bits per heavy atom. The molecule has 6 nitrogen and oxygen atoms in total. The number of aromatic nitrogens is 3. The standard InChI is InChI=1S/C18H23N5O/c1-4-12-15(14-9-21-10-22-14)13(8-19)17(20)23-16(12)11-5-6-24-18(2,3)7-11/h9-11H,4-7H2,1-3H3,(H2,20,23)(H,21,22). The molecule has 6 heteroatoms. The number of nitrogens with zero attached hydrogens (tertiary/aromatic N) is 3. The quantitative estimate of drug-likeness (QED) is 0.902. The van der Waals surface area contributed by atoms with E-state index in [1.54, 1.807) is 12.5 Å². The number of hydrogen-bond donors (Lipinski definition) is 2. The van der Waals surface area contributed by atoms with Crippen LogP contribution in [0.15, 0.2) is 12.5 Å². The second-order valence-corrected chi connectivity index (χ2v) is 6.84. The molecule has 3 N–H and O–H groups in total. The van der Waals surface area contributed by atoms with Gasteiger partial charge in [0.15, 0.2) is 0 Å². The fourth-order valence-corrected chi connectivity index (χ4v) is 3.62. The molecule has 1 unspecified atom stereocenters. The molecule has 1 aliphatic heterocycles. The number of nitrogen functional groups attached to an aromatic ring is 1. The van der Waals surface area contributed by atoms with Crippen molar-refractivity contribution in [2.75, 3.05) is 12.3 Å². The number of H-pyrrole nitrogens is 1. The number of pyridine rings is 1. The second kappa shape index (κ2) is 6.25. The summed E-state index contributed by atoms with van der Waals surface area (Å²) in [7, 11) is 0. The van der Waals surface area contributed by atoms with Crippen LogP contribution in [-0.4, -0.2) is 27.2 Å². The molecule has 24 heavy (non-hydrogen) atoms. The van der Waals surface area contributed by atoms with E-state index >= 15 is 0 Å². The molecular weight excluding hydrogens is 302 g/mol. The number of nitrogens with one attached hydrogen (secondary N) is 1. The van der Waals surface area contributed by atoms with Gasteiger partial charge in [0, 0.05) is 18.1 Å². The van der Waals surface area contributed by atoms with E-state index in [4.69, 9.17) is 10.5 Å². The number of nitrogens with two attached hydrogens (primary N) is 1. The van der Waals surface area contributed by atoms with E-state index < -0.39 is 0 Å². The first-order valence-electron chi connectivity index (χ1n) is 8.32. The fourth-order valence-electron chi connectivity index (χ4n) is 3.62. The van der Waals surface area contributed by atoms with Gasteiger partial charge in [0.2, 0.25) is 0 Å². The van der Waals surface area contributed by atoms with Crippen LogP contribution < -0.4 is 5.73 Å². The Bertz CT molecular complexity index is 774. The minimum atomic E-state index is -0.174. The smallest absolute Gasteiger partial charge is 0.142 e. The maximum Gasteiger partial charge on any atom is 0.142 e. The number of anilines is 1. The van der Waals surface area contributed by atoms with Crippen LogP contribution in [0.1, 0.15) is 56.4 Å². The number of rotatable bonds is 3. The molecule has 3 heterocycles. The summed E-state index contributed by atoms with van der Waals surface area (Å²) in [5.74, 6) is 0.569. The Morgan fingerprint density at radius 1 is 1.50 bits per heavy atom. The Labute approximate surface area is 142 Å². The molecule has 0 spiro atoms. The van der Waals surface area contributed by atoms with Crippen LogP contribution in [0.4, 0.5) is 5.82 Å². The zero-order valence-electron chi connectivity index (χ0n) is 14.4. The fraction of sp³-hybridized carbons (Fsp3) is 0.500. The lowest BCUT2D eigenvalue weighted by atomic mass is 9.82. The average Bonchev–Trinajstić information content (AvgIpc) is 3.06. The summed E-state index contributed by atoms with van der Waals surface area (Å²) < 4.78 is 5.84. The van der Waals surface area contributed by atoms with E-state index in [1.165, 1.54) is 0 Å². The Morgan fingerprint density at radius 3 is 2.88 bits per heavy atom. The molecule has 126 valence electrons. The highest BCUT2D eigenvalue weighted by Gasteiger charge is 2.33. The first-order valence-corrected chi connectivity index (χ1v) is 8.32. The van der Waals surface area contributed by atoms with Crippen LogP contribution in [0.5, 0.6) is 0 Å². The summed E-state index contributed by atoms with van der Waals surface area (Å²) in [6.45, 7) is 7.01. The summed E-state index contributed by atoms with van der Waals surface area (Å²) >= 11 is 0. The van der Waals surface area contributed by atoms with Crippen molar-refractivity contribution in [1.82, 2.24) is 15.0 Å². The first kappa shape index (κ1) is 16.5. The van der Waals surface area contributed by atoms with Crippen molar-refractivity contribution < 1.29 is 4.74 Å². The van der Waals surface area contributed by atoms with Crippen molar-refractivity contribution in [2.24, 2.45) is 0 Å². The van der Waals surface area contributed by atoms with Crippen LogP contribution in [0, 0.1) is 11.3 Å². The maximum absolute atomic E-state index is 9.58. The van der Waals surface area contributed by atoms with Crippen molar-refractivity contribution in [2.45, 2.75) is 51.6 Å². The third kappa shape index (κ3) is 2.87. The Balaban J connectivity index is 2.19. The van der Waals surface area contributed by atoms with Crippen LogP contribution >= 0.6 is 0 Å². The van der Waals surface area contributed by atoms with Crippen LogP contribution in [0.25, 0.3) is 11.3 Å². The van der Waals surface area contributed by atoms with E-state index in [0.29, 0.717) is 18.0 Å². The highest BCUT2D eigenvalue weighted by Crippen LogP contribution is 2.40. The molecule has 0 aromatic carbocycles. The van der Waals surface area contributed by atoms with E-state index in [-0.39, 0.29) is 11.5 Å². The highest BCUT2D eigenvalue weighted by molar-refractivity contribution is 5.77. The average molecular weight is 325 g/mol. The molecule has 0 saturated carbocycles. The SMILES string of the molecule is CCc1c(C2CCOC(C)(C)C2)nc(N)c(C#N)c1-c1cnc[nH]1. The highest BCUT2D eigenvalue weighted by atomic mass is 16.5. The van der Waals surface area contributed by atoms with Crippen LogP contribution in [0.3, 0.4) is 0 Å². The van der Waals surface area contributed by atoms with Gasteiger partial charge < -0.3 is 15.5 Å². The zero-order valence-corrected chi connectivity index (χ0v) is 14.4. The molecule has 1 fully saturated rings. The topological polar surface area (TPSA) is 101 Å². The molecule has 2 aromatic heterocycles. The van der Waals surface area contributed by atoms with Gasteiger partial charge in [-0.2, -0.15) is 5.26 Å². The van der Waals surface area contributed by atoms with E-state index in [2.05, 4.69) is 41.8 Å². The monoisotopic (exact) mass is 325 g/mol. The van der Waals surface area contributed by atoms with Crippen LogP contribution in [0.2, 0.25) is 0 Å². The normalized spacial score (nSPS) is 19.8. The number of hydrogen-bond acceptors (Lipinski definition) is 5.